The summed E-state index contributed by atoms with van der Waals surface area (Å²) in [6, 6.07) is 3.59. The molecule has 0 unspecified atom stereocenters. The molecule has 3 nitrogen and oxygen atoms in total. The second kappa shape index (κ2) is 4.78. The van der Waals surface area contributed by atoms with E-state index in [2.05, 4.69) is 5.32 Å². The molecule has 1 heterocycles. The van der Waals surface area contributed by atoms with E-state index in [1.807, 2.05) is 0 Å². The van der Waals surface area contributed by atoms with Crippen LogP contribution in [0.4, 0.5) is 13.2 Å². The van der Waals surface area contributed by atoms with Crippen LogP contribution in [-0.4, -0.2) is 19.1 Å². The first-order valence-corrected chi connectivity index (χ1v) is 5.50. The highest BCUT2D eigenvalue weighted by Gasteiger charge is 2.34. The fraction of sp³-hybridized carbons (Fsp3) is 0.364. The fourth-order valence-electron chi connectivity index (χ4n) is 1.67. The number of rotatable bonds is 1. The van der Waals surface area contributed by atoms with Crippen LogP contribution in [0, 0.1) is 0 Å². The highest BCUT2D eigenvalue weighted by atomic mass is 35.5. The quantitative estimate of drug-likeness (QED) is 0.858. The maximum absolute atomic E-state index is 12.7. The number of amides is 1. The molecule has 1 aliphatic heterocycles. The van der Waals surface area contributed by atoms with E-state index in [0.717, 1.165) is 6.07 Å². The third-order valence-corrected chi connectivity index (χ3v) is 2.90. The first kappa shape index (κ1) is 13.2. The molecule has 7 heteroatoms. The molecule has 98 valence electrons. The van der Waals surface area contributed by atoms with E-state index < -0.39 is 17.8 Å². The Kier molecular flexibility index (Phi) is 3.49. The number of benzene rings is 1. The number of nitrogens with one attached hydrogen (secondary N) is 1. The van der Waals surface area contributed by atoms with Crippen LogP contribution in [0.15, 0.2) is 18.2 Å². The second-order valence-electron chi connectivity index (χ2n) is 3.84. The molecule has 1 aromatic carbocycles. The normalized spacial score (nSPS) is 20.7. The Balaban J connectivity index is 2.27. The standard InChI is InChI=1S/C11H9ClF3NO2/c12-8-2-1-6(3-7(8)11(13,14)15)9-4-16-10(17)5-18-9/h1-3,9H,4-5H2,(H,16,17)/t9-/m0/s1. The minimum absolute atomic E-state index is 0.151. The van der Waals surface area contributed by atoms with Crippen molar-refractivity contribution in [3.05, 3.63) is 34.3 Å². The van der Waals surface area contributed by atoms with Gasteiger partial charge < -0.3 is 10.1 Å². The first-order chi connectivity index (χ1) is 8.38. The monoisotopic (exact) mass is 279 g/mol. The van der Waals surface area contributed by atoms with Crippen LogP contribution in [0.3, 0.4) is 0 Å². The number of carbonyl (C=O) groups excluding carboxylic acids is 1. The third-order valence-electron chi connectivity index (χ3n) is 2.57. The first-order valence-electron chi connectivity index (χ1n) is 5.13. The predicted octanol–water partition coefficient (Wildman–Crippen LogP) is 2.55. The third kappa shape index (κ3) is 2.76. The lowest BCUT2D eigenvalue weighted by atomic mass is 10.0. The van der Waals surface area contributed by atoms with Crippen LogP contribution in [0.1, 0.15) is 17.2 Å². The van der Waals surface area contributed by atoms with Crippen LogP contribution in [0.25, 0.3) is 0 Å². The highest BCUT2D eigenvalue weighted by molar-refractivity contribution is 6.31. The number of ether oxygens (including phenoxy) is 1. The fourth-order valence-corrected chi connectivity index (χ4v) is 1.89. The van der Waals surface area contributed by atoms with Gasteiger partial charge in [-0.3, -0.25) is 4.79 Å². The van der Waals surface area contributed by atoms with Crippen LogP contribution >= 0.6 is 11.6 Å². The molecule has 0 spiro atoms. The largest absolute Gasteiger partial charge is 0.417 e. The van der Waals surface area contributed by atoms with E-state index in [9.17, 15) is 18.0 Å². The van der Waals surface area contributed by atoms with E-state index in [0.29, 0.717) is 5.56 Å². The van der Waals surface area contributed by atoms with Gasteiger partial charge in [0.15, 0.2) is 0 Å². The molecule has 2 rings (SSSR count). The number of hydrogen-bond acceptors (Lipinski definition) is 2. The highest BCUT2D eigenvalue weighted by Crippen LogP contribution is 2.36. The van der Waals surface area contributed by atoms with Gasteiger partial charge in [0.25, 0.3) is 0 Å². The van der Waals surface area contributed by atoms with Gasteiger partial charge in [-0.15, -0.1) is 0 Å². The number of alkyl halides is 3. The van der Waals surface area contributed by atoms with Crippen molar-refractivity contribution in [2.75, 3.05) is 13.2 Å². The summed E-state index contributed by atoms with van der Waals surface area (Å²) in [5, 5.41) is 2.17. The van der Waals surface area contributed by atoms with Gasteiger partial charge in [-0.1, -0.05) is 17.7 Å². The van der Waals surface area contributed by atoms with Gasteiger partial charge in [0, 0.05) is 6.54 Å². The predicted molar refractivity (Wildman–Crippen MR) is 58.2 cm³/mol. The number of carbonyl (C=O) groups is 1. The van der Waals surface area contributed by atoms with Crippen LogP contribution < -0.4 is 5.32 Å². The summed E-state index contributed by atoms with van der Waals surface area (Å²) < 4.78 is 43.2. The zero-order chi connectivity index (χ0) is 13.3. The SMILES string of the molecule is O=C1CO[C@H](c2ccc(Cl)c(C(F)(F)F)c2)CN1. The zero-order valence-corrected chi connectivity index (χ0v) is 9.81. The molecular formula is C11H9ClF3NO2. The van der Waals surface area contributed by atoms with Gasteiger partial charge in [0.2, 0.25) is 5.91 Å². The Morgan fingerprint density at radius 1 is 1.39 bits per heavy atom. The zero-order valence-electron chi connectivity index (χ0n) is 9.05. The molecule has 1 aromatic rings. The molecule has 1 fully saturated rings. The molecule has 1 N–H and O–H groups in total. The molecule has 1 amide bonds. The van der Waals surface area contributed by atoms with Crippen molar-refractivity contribution in [2.24, 2.45) is 0 Å². The average molecular weight is 280 g/mol. The van der Waals surface area contributed by atoms with Crippen molar-refractivity contribution in [3.8, 4) is 0 Å². The summed E-state index contributed by atoms with van der Waals surface area (Å²) in [5.74, 6) is -0.281. The Bertz CT molecular complexity index is 466. The van der Waals surface area contributed by atoms with Crippen LogP contribution in [0.5, 0.6) is 0 Å². The van der Waals surface area contributed by atoms with Gasteiger partial charge in [0.1, 0.15) is 12.7 Å². The van der Waals surface area contributed by atoms with E-state index in [-0.39, 0.29) is 24.1 Å². The van der Waals surface area contributed by atoms with Crippen molar-refractivity contribution < 1.29 is 22.7 Å². The lowest BCUT2D eigenvalue weighted by Crippen LogP contribution is -2.38. The average Bonchev–Trinajstić information content (AvgIpc) is 2.29. The van der Waals surface area contributed by atoms with Gasteiger partial charge in [-0.25, -0.2) is 0 Å². The Hall–Kier alpha value is -1.27. The van der Waals surface area contributed by atoms with Gasteiger partial charge in [-0.05, 0) is 17.7 Å². The lowest BCUT2D eigenvalue weighted by molar-refractivity contribution is -0.138. The summed E-state index contributed by atoms with van der Waals surface area (Å²) in [7, 11) is 0. The Morgan fingerprint density at radius 3 is 2.67 bits per heavy atom. The molecular weight excluding hydrogens is 271 g/mol. The van der Waals surface area contributed by atoms with Gasteiger partial charge in [0.05, 0.1) is 10.6 Å². The summed E-state index contributed by atoms with van der Waals surface area (Å²) in [4.78, 5) is 10.9. The summed E-state index contributed by atoms with van der Waals surface area (Å²) in [6.45, 7) is -0.00753. The van der Waals surface area contributed by atoms with E-state index >= 15 is 0 Å². The molecule has 0 radical (unpaired) electrons. The number of hydrogen-bond donors (Lipinski definition) is 1. The van der Waals surface area contributed by atoms with Crippen LogP contribution in [0.2, 0.25) is 5.02 Å². The van der Waals surface area contributed by atoms with Crippen molar-refractivity contribution in [1.29, 1.82) is 0 Å². The maximum atomic E-state index is 12.7. The topological polar surface area (TPSA) is 38.3 Å². The molecule has 0 aliphatic carbocycles. The van der Waals surface area contributed by atoms with Crippen molar-refractivity contribution in [1.82, 2.24) is 5.32 Å². The van der Waals surface area contributed by atoms with Gasteiger partial charge in [-0.2, -0.15) is 13.2 Å². The Labute approximate surface area is 106 Å². The minimum atomic E-state index is -4.51. The summed E-state index contributed by atoms with van der Waals surface area (Å²) in [6.07, 6.45) is -5.09. The van der Waals surface area contributed by atoms with E-state index in [1.165, 1.54) is 12.1 Å². The summed E-state index contributed by atoms with van der Waals surface area (Å²) in [5.41, 5.74) is -0.561. The van der Waals surface area contributed by atoms with Crippen LogP contribution in [-0.2, 0) is 15.7 Å². The van der Waals surface area contributed by atoms with E-state index in [4.69, 9.17) is 16.3 Å². The number of halogens is 4. The Morgan fingerprint density at radius 2 is 2.11 bits per heavy atom. The molecule has 0 saturated carbocycles. The molecule has 18 heavy (non-hydrogen) atoms. The molecule has 0 bridgehead atoms. The smallest absolute Gasteiger partial charge is 0.362 e. The van der Waals surface area contributed by atoms with Gasteiger partial charge >= 0.3 is 6.18 Å². The van der Waals surface area contributed by atoms with Crippen molar-refractivity contribution >= 4 is 17.5 Å². The second-order valence-corrected chi connectivity index (χ2v) is 4.25. The molecule has 0 aromatic heterocycles. The molecule has 1 atom stereocenters. The van der Waals surface area contributed by atoms with Crippen molar-refractivity contribution in [3.63, 3.8) is 0 Å². The van der Waals surface area contributed by atoms with E-state index in [1.54, 1.807) is 0 Å². The molecule has 1 aliphatic rings. The lowest BCUT2D eigenvalue weighted by Gasteiger charge is -2.24. The minimum Gasteiger partial charge on any atom is -0.362 e. The maximum Gasteiger partial charge on any atom is 0.417 e. The molecule has 1 saturated heterocycles. The van der Waals surface area contributed by atoms with Crippen molar-refractivity contribution in [2.45, 2.75) is 12.3 Å². The number of morpholine rings is 1. The summed E-state index contributed by atoms with van der Waals surface area (Å²) >= 11 is 5.51.